The van der Waals surface area contributed by atoms with E-state index in [4.69, 9.17) is 0 Å². The van der Waals surface area contributed by atoms with Crippen LogP contribution in [0.1, 0.15) is 48.8 Å². The van der Waals surface area contributed by atoms with Crippen molar-refractivity contribution in [1.29, 1.82) is 0 Å². The third-order valence-electron chi connectivity index (χ3n) is 6.43. The van der Waals surface area contributed by atoms with Gasteiger partial charge in [0.05, 0.1) is 0 Å². The van der Waals surface area contributed by atoms with Crippen LogP contribution in [0.2, 0.25) is 0 Å². The molecule has 1 N–H and O–H groups in total. The summed E-state index contributed by atoms with van der Waals surface area (Å²) in [4.78, 5) is 2.60. The van der Waals surface area contributed by atoms with Crippen molar-refractivity contribution in [2.24, 2.45) is 5.92 Å². The Morgan fingerprint density at radius 3 is 2.95 bits per heavy atom. The number of rotatable bonds is 0. The minimum Gasteiger partial charge on any atom is -0.508 e. The first-order valence-corrected chi connectivity index (χ1v) is 8.15. The Morgan fingerprint density at radius 1 is 1.25 bits per heavy atom. The normalized spacial score (nSPS) is 36.3. The summed E-state index contributed by atoms with van der Waals surface area (Å²) in [7, 11) is 2.31. The van der Waals surface area contributed by atoms with Gasteiger partial charge in [-0.2, -0.15) is 0 Å². The molecule has 2 bridgehead atoms. The van der Waals surface area contributed by atoms with Crippen LogP contribution >= 0.6 is 0 Å². The molecule has 0 radical (unpaired) electrons. The number of aryl methyl sites for hydroxylation is 1. The molecule has 0 aromatic heterocycles. The van der Waals surface area contributed by atoms with E-state index in [-0.39, 0.29) is 0 Å². The lowest BCUT2D eigenvalue weighted by Crippen LogP contribution is -2.59. The summed E-state index contributed by atoms with van der Waals surface area (Å²) in [6.45, 7) is 3.25. The number of hydrogen-bond acceptors (Lipinski definition) is 2. The zero-order chi connectivity index (χ0) is 13.9. The standard InChI is InChI=1S/C18H25NO/c1-12-9-13-10-16-14-5-3-4-6-18(14,7-8-19(16)2)15(13)11-17(12)20/h9,11,14,16,20H,3-8,10H2,1-2H3/t14-,16-,18-/m0/s1. The maximum absolute atomic E-state index is 10.2. The number of aromatic hydroxyl groups is 1. The molecule has 2 fully saturated rings. The highest BCUT2D eigenvalue weighted by molar-refractivity contribution is 5.48. The van der Waals surface area contributed by atoms with Gasteiger partial charge >= 0.3 is 0 Å². The molecule has 108 valence electrons. The van der Waals surface area contributed by atoms with Crippen molar-refractivity contribution in [1.82, 2.24) is 4.90 Å². The first-order chi connectivity index (χ1) is 9.62. The van der Waals surface area contributed by atoms with Gasteiger partial charge in [0.25, 0.3) is 0 Å². The zero-order valence-electron chi connectivity index (χ0n) is 12.7. The van der Waals surface area contributed by atoms with E-state index in [1.54, 1.807) is 0 Å². The Bertz CT molecular complexity index is 553. The van der Waals surface area contributed by atoms with Crippen molar-refractivity contribution in [2.75, 3.05) is 13.6 Å². The van der Waals surface area contributed by atoms with Gasteiger partial charge in [-0.1, -0.05) is 18.9 Å². The fourth-order valence-corrected chi connectivity index (χ4v) is 5.37. The third-order valence-corrected chi connectivity index (χ3v) is 6.43. The third kappa shape index (κ3) is 1.54. The Balaban J connectivity index is 1.92. The number of nitrogens with zero attached hydrogens (tertiary/aromatic N) is 1. The summed E-state index contributed by atoms with van der Waals surface area (Å²) in [5, 5.41) is 10.2. The lowest BCUT2D eigenvalue weighted by atomic mass is 9.52. The Morgan fingerprint density at radius 2 is 2.10 bits per heavy atom. The largest absolute Gasteiger partial charge is 0.508 e. The van der Waals surface area contributed by atoms with E-state index in [1.807, 2.05) is 6.92 Å². The molecule has 1 aromatic rings. The van der Waals surface area contributed by atoms with Crippen molar-refractivity contribution in [2.45, 2.75) is 56.9 Å². The maximum Gasteiger partial charge on any atom is 0.118 e. The smallest absolute Gasteiger partial charge is 0.118 e. The number of hydrogen-bond donors (Lipinski definition) is 1. The molecule has 3 aliphatic rings. The summed E-state index contributed by atoms with van der Waals surface area (Å²) < 4.78 is 0. The van der Waals surface area contributed by atoms with Gasteiger partial charge in [0.15, 0.2) is 0 Å². The Hall–Kier alpha value is -1.02. The van der Waals surface area contributed by atoms with E-state index in [9.17, 15) is 5.11 Å². The van der Waals surface area contributed by atoms with E-state index >= 15 is 0 Å². The number of phenolic OH excluding ortho intramolecular Hbond substituents is 1. The first kappa shape index (κ1) is 12.7. The molecule has 20 heavy (non-hydrogen) atoms. The van der Waals surface area contributed by atoms with Crippen LogP contribution in [0.15, 0.2) is 12.1 Å². The molecule has 1 saturated carbocycles. The molecule has 1 aromatic carbocycles. The van der Waals surface area contributed by atoms with E-state index in [0.29, 0.717) is 11.2 Å². The fourth-order valence-electron chi connectivity index (χ4n) is 5.37. The zero-order valence-corrected chi connectivity index (χ0v) is 12.7. The summed E-state index contributed by atoms with van der Waals surface area (Å²) in [6, 6.07) is 5.09. The summed E-state index contributed by atoms with van der Waals surface area (Å²) >= 11 is 0. The molecule has 2 nitrogen and oxygen atoms in total. The van der Waals surface area contributed by atoms with E-state index < -0.39 is 0 Å². The second kappa shape index (κ2) is 4.24. The quantitative estimate of drug-likeness (QED) is 0.782. The topological polar surface area (TPSA) is 23.5 Å². The maximum atomic E-state index is 10.2. The predicted octanol–water partition coefficient (Wildman–Crippen LogP) is 3.39. The monoisotopic (exact) mass is 271 g/mol. The Labute approximate surface area is 121 Å². The van der Waals surface area contributed by atoms with Gasteiger partial charge in [0.2, 0.25) is 0 Å². The van der Waals surface area contributed by atoms with Crippen LogP contribution in [0.5, 0.6) is 5.75 Å². The van der Waals surface area contributed by atoms with E-state index in [2.05, 4.69) is 24.1 Å². The second-order valence-corrected chi connectivity index (χ2v) is 7.31. The van der Waals surface area contributed by atoms with Crippen LogP contribution in [-0.2, 0) is 11.8 Å². The molecule has 1 saturated heterocycles. The number of benzene rings is 1. The van der Waals surface area contributed by atoms with Gasteiger partial charge in [-0.3, -0.25) is 0 Å². The SMILES string of the molecule is Cc1cc2c(cc1O)[C@]13CCCC[C@H]1[C@H](C2)N(C)CC3. The van der Waals surface area contributed by atoms with Gasteiger partial charge in [0.1, 0.15) is 5.75 Å². The van der Waals surface area contributed by atoms with Gasteiger partial charge in [0, 0.05) is 11.5 Å². The van der Waals surface area contributed by atoms with E-state index in [1.165, 1.54) is 56.2 Å². The molecule has 0 spiro atoms. The highest BCUT2D eigenvalue weighted by atomic mass is 16.3. The predicted molar refractivity (Wildman–Crippen MR) is 81.2 cm³/mol. The van der Waals surface area contributed by atoms with Gasteiger partial charge in [-0.25, -0.2) is 0 Å². The van der Waals surface area contributed by atoms with Gasteiger partial charge in [-0.15, -0.1) is 0 Å². The Kier molecular flexibility index (Phi) is 2.69. The summed E-state index contributed by atoms with van der Waals surface area (Å²) in [6.07, 6.45) is 7.92. The number of likely N-dealkylation sites (N-methyl/N-ethyl adjacent to an activating group) is 1. The number of likely N-dealkylation sites (tertiary alicyclic amines) is 1. The molecule has 2 aliphatic carbocycles. The molecule has 0 unspecified atom stereocenters. The highest BCUT2D eigenvalue weighted by Crippen LogP contribution is 2.56. The minimum absolute atomic E-state index is 0.369. The average molecular weight is 271 g/mol. The summed E-state index contributed by atoms with van der Waals surface area (Å²) in [5.74, 6) is 1.31. The van der Waals surface area contributed by atoms with Crippen LogP contribution < -0.4 is 0 Å². The van der Waals surface area contributed by atoms with Crippen molar-refractivity contribution < 1.29 is 5.11 Å². The first-order valence-electron chi connectivity index (χ1n) is 8.15. The molecular formula is C18H25NO. The van der Waals surface area contributed by atoms with Crippen LogP contribution in [0.25, 0.3) is 0 Å². The average Bonchev–Trinajstić information content (AvgIpc) is 2.45. The fraction of sp³-hybridized carbons (Fsp3) is 0.667. The minimum atomic E-state index is 0.369. The van der Waals surface area contributed by atoms with Crippen LogP contribution in [-0.4, -0.2) is 29.6 Å². The molecular weight excluding hydrogens is 246 g/mol. The number of fused-ring (bicyclic) bond motifs is 1. The lowest BCUT2D eigenvalue weighted by Gasteiger charge is -2.58. The molecule has 2 heteroatoms. The molecule has 0 amide bonds. The number of piperidine rings is 1. The van der Waals surface area contributed by atoms with E-state index in [0.717, 1.165) is 17.5 Å². The van der Waals surface area contributed by atoms with Crippen molar-refractivity contribution in [3.05, 3.63) is 28.8 Å². The molecule has 1 heterocycles. The van der Waals surface area contributed by atoms with Gasteiger partial charge < -0.3 is 10.0 Å². The van der Waals surface area contributed by atoms with Crippen molar-refractivity contribution >= 4 is 0 Å². The molecule has 4 rings (SSSR count). The second-order valence-electron chi connectivity index (χ2n) is 7.31. The molecule has 3 atom stereocenters. The van der Waals surface area contributed by atoms with Crippen molar-refractivity contribution in [3.8, 4) is 5.75 Å². The van der Waals surface area contributed by atoms with Crippen molar-refractivity contribution in [3.63, 3.8) is 0 Å². The van der Waals surface area contributed by atoms with Gasteiger partial charge in [-0.05, 0) is 74.9 Å². The highest BCUT2D eigenvalue weighted by Gasteiger charge is 2.53. The lowest BCUT2D eigenvalue weighted by molar-refractivity contribution is 0.00271. The number of phenols is 1. The van der Waals surface area contributed by atoms with Crippen LogP contribution in [0.3, 0.4) is 0 Å². The van der Waals surface area contributed by atoms with Crippen LogP contribution in [0.4, 0.5) is 0 Å². The van der Waals surface area contributed by atoms with Crippen LogP contribution in [0, 0.1) is 12.8 Å². The molecule has 1 aliphatic heterocycles. The summed E-state index contributed by atoms with van der Waals surface area (Å²) in [5.41, 5.74) is 4.41.